The summed E-state index contributed by atoms with van der Waals surface area (Å²) in [5, 5.41) is 12.3. The van der Waals surface area contributed by atoms with Crippen LogP contribution in [0, 0.1) is 17.3 Å². The third-order valence-electron chi connectivity index (χ3n) is 7.33. The van der Waals surface area contributed by atoms with E-state index in [4.69, 9.17) is 4.74 Å². The summed E-state index contributed by atoms with van der Waals surface area (Å²) in [5.41, 5.74) is 2.63. The van der Waals surface area contributed by atoms with E-state index in [9.17, 15) is 0 Å². The summed E-state index contributed by atoms with van der Waals surface area (Å²) in [6.07, 6.45) is 6.60. The minimum absolute atomic E-state index is 0.594. The minimum atomic E-state index is 0.594. The van der Waals surface area contributed by atoms with Crippen molar-refractivity contribution in [2.24, 2.45) is 17.3 Å². The van der Waals surface area contributed by atoms with Crippen molar-refractivity contribution in [3.63, 3.8) is 0 Å². The molecule has 1 atom stereocenters. The Morgan fingerprint density at radius 3 is 2.52 bits per heavy atom. The Labute approximate surface area is 173 Å². The molecule has 1 aliphatic carbocycles. The summed E-state index contributed by atoms with van der Waals surface area (Å²) in [7, 11) is 0. The van der Waals surface area contributed by atoms with Gasteiger partial charge < -0.3 is 15.0 Å². The van der Waals surface area contributed by atoms with Crippen molar-refractivity contribution < 1.29 is 4.74 Å². The molecule has 0 radical (unpaired) electrons. The molecule has 2 aromatic rings. The molecule has 1 aromatic carbocycles. The van der Waals surface area contributed by atoms with Crippen molar-refractivity contribution in [2.45, 2.75) is 32.1 Å². The molecule has 2 saturated heterocycles. The number of piperidine rings is 1. The van der Waals surface area contributed by atoms with Gasteiger partial charge in [-0.3, -0.25) is 0 Å². The van der Waals surface area contributed by atoms with Crippen LogP contribution in [0.15, 0.2) is 42.5 Å². The first-order chi connectivity index (χ1) is 14.3. The Bertz CT molecular complexity index is 780. The zero-order valence-corrected chi connectivity index (χ0v) is 17.2. The number of likely N-dealkylation sites (tertiary alicyclic amines) is 1. The number of nitrogens with zero attached hydrogens (tertiary/aromatic N) is 3. The van der Waals surface area contributed by atoms with Gasteiger partial charge in [0.1, 0.15) is 5.82 Å². The number of hydrogen-bond donors (Lipinski definition) is 1. The molecule has 5 nitrogen and oxygen atoms in total. The molecular formula is C24H32N4O. The highest BCUT2D eigenvalue weighted by Gasteiger charge is 2.54. The highest BCUT2D eigenvalue weighted by atomic mass is 16.5. The highest BCUT2D eigenvalue weighted by Crippen LogP contribution is 2.59. The third kappa shape index (κ3) is 4.46. The van der Waals surface area contributed by atoms with Crippen LogP contribution < -0.4 is 5.32 Å². The Morgan fingerprint density at radius 2 is 1.79 bits per heavy atom. The normalized spacial score (nSPS) is 24.5. The van der Waals surface area contributed by atoms with E-state index in [0.717, 1.165) is 48.7 Å². The van der Waals surface area contributed by atoms with Crippen LogP contribution in [0.4, 0.5) is 5.82 Å². The van der Waals surface area contributed by atoms with E-state index in [1.807, 2.05) is 18.2 Å². The summed E-state index contributed by atoms with van der Waals surface area (Å²) in [5.74, 6) is 2.54. The lowest BCUT2D eigenvalue weighted by Gasteiger charge is -2.36. The van der Waals surface area contributed by atoms with Crippen molar-refractivity contribution in [2.75, 3.05) is 44.7 Å². The lowest BCUT2D eigenvalue weighted by atomic mass is 9.89. The Kier molecular flexibility index (Phi) is 5.51. The second-order valence-electron chi connectivity index (χ2n) is 9.17. The van der Waals surface area contributed by atoms with Gasteiger partial charge in [-0.05, 0) is 74.6 Å². The molecule has 5 heteroatoms. The number of rotatable bonds is 6. The Hall–Kier alpha value is -1.98. The zero-order valence-electron chi connectivity index (χ0n) is 17.2. The standard InChI is InChI=1S/C24H32N4O/c1-2-4-20(5-3-1)22-6-7-23(27-26-22)25-17-21-16-24(21)10-12-28(13-11-24)18-19-8-14-29-15-9-19/h1-7,19,21H,8-18H2,(H,25,27)/t21-/m0/s1. The number of hydrogen-bond acceptors (Lipinski definition) is 5. The van der Waals surface area contributed by atoms with Crippen molar-refractivity contribution in [3.05, 3.63) is 42.5 Å². The van der Waals surface area contributed by atoms with Crippen LogP contribution >= 0.6 is 0 Å². The Balaban J connectivity index is 1.07. The lowest BCUT2D eigenvalue weighted by molar-refractivity contribution is 0.0449. The van der Waals surface area contributed by atoms with Gasteiger partial charge >= 0.3 is 0 Å². The van der Waals surface area contributed by atoms with E-state index in [-0.39, 0.29) is 0 Å². The number of ether oxygens (including phenoxy) is 1. The molecule has 1 saturated carbocycles. The van der Waals surface area contributed by atoms with Crippen LogP contribution in [0.5, 0.6) is 0 Å². The average molecular weight is 393 g/mol. The van der Waals surface area contributed by atoms with E-state index >= 15 is 0 Å². The van der Waals surface area contributed by atoms with Gasteiger partial charge in [-0.2, -0.15) is 0 Å². The first-order valence-corrected chi connectivity index (χ1v) is 11.2. The predicted molar refractivity (Wildman–Crippen MR) is 116 cm³/mol. The monoisotopic (exact) mass is 392 g/mol. The molecule has 0 amide bonds. The van der Waals surface area contributed by atoms with Gasteiger partial charge in [0.25, 0.3) is 0 Å². The highest BCUT2D eigenvalue weighted by molar-refractivity contribution is 5.59. The number of anilines is 1. The van der Waals surface area contributed by atoms with Crippen LogP contribution in [-0.4, -0.2) is 54.5 Å². The molecule has 0 unspecified atom stereocenters. The van der Waals surface area contributed by atoms with Crippen LogP contribution in [0.1, 0.15) is 32.1 Å². The summed E-state index contributed by atoms with van der Waals surface area (Å²) in [6, 6.07) is 14.3. The van der Waals surface area contributed by atoms with E-state index in [1.165, 1.54) is 51.7 Å². The summed E-state index contributed by atoms with van der Waals surface area (Å²) in [6.45, 7) is 6.79. The smallest absolute Gasteiger partial charge is 0.148 e. The molecule has 1 N–H and O–H groups in total. The number of aromatic nitrogens is 2. The molecule has 2 aliphatic heterocycles. The lowest BCUT2D eigenvalue weighted by Crippen LogP contribution is -2.39. The maximum absolute atomic E-state index is 5.50. The summed E-state index contributed by atoms with van der Waals surface area (Å²) in [4.78, 5) is 2.71. The molecule has 3 aliphatic rings. The first-order valence-electron chi connectivity index (χ1n) is 11.2. The Morgan fingerprint density at radius 1 is 1.00 bits per heavy atom. The second kappa shape index (κ2) is 8.41. The zero-order chi connectivity index (χ0) is 19.5. The van der Waals surface area contributed by atoms with Gasteiger partial charge in [0.2, 0.25) is 0 Å². The quantitative estimate of drug-likeness (QED) is 0.803. The largest absolute Gasteiger partial charge is 0.381 e. The fourth-order valence-corrected chi connectivity index (χ4v) is 5.23. The molecule has 0 bridgehead atoms. The predicted octanol–water partition coefficient (Wildman–Crippen LogP) is 4.08. The van der Waals surface area contributed by atoms with E-state index in [0.29, 0.717) is 5.41 Å². The molecular weight excluding hydrogens is 360 g/mol. The van der Waals surface area contributed by atoms with Gasteiger partial charge in [0.15, 0.2) is 0 Å². The third-order valence-corrected chi connectivity index (χ3v) is 7.33. The molecule has 154 valence electrons. The van der Waals surface area contributed by atoms with Crippen molar-refractivity contribution >= 4 is 5.82 Å². The van der Waals surface area contributed by atoms with Crippen molar-refractivity contribution in [1.82, 2.24) is 15.1 Å². The number of nitrogens with one attached hydrogen (secondary N) is 1. The molecule has 3 fully saturated rings. The summed E-state index contributed by atoms with van der Waals surface area (Å²) < 4.78 is 5.50. The van der Waals surface area contributed by atoms with Gasteiger partial charge in [0.05, 0.1) is 5.69 Å². The van der Waals surface area contributed by atoms with Gasteiger partial charge in [-0.15, -0.1) is 10.2 Å². The average Bonchev–Trinajstić information content (AvgIpc) is 3.47. The van der Waals surface area contributed by atoms with Crippen LogP contribution in [0.3, 0.4) is 0 Å². The van der Waals surface area contributed by atoms with Gasteiger partial charge in [-0.1, -0.05) is 30.3 Å². The second-order valence-corrected chi connectivity index (χ2v) is 9.17. The molecule has 29 heavy (non-hydrogen) atoms. The van der Waals surface area contributed by atoms with Crippen LogP contribution in [0.2, 0.25) is 0 Å². The summed E-state index contributed by atoms with van der Waals surface area (Å²) >= 11 is 0. The van der Waals surface area contributed by atoms with Gasteiger partial charge in [0, 0.05) is 31.9 Å². The van der Waals surface area contributed by atoms with Crippen LogP contribution in [0.25, 0.3) is 11.3 Å². The first kappa shape index (κ1) is 19.0. The topological polar surface area (TPSA) is 50.3 Å². The van der Waals surface area contributed by atoms with E-state index in [1.54, 1.807) is 0 Å². The van der Waals surface area contributed by atoms with E-state index in [2.05, 4.69) is 44.7 Å². The maximum atomic E-state index is 5.50. The van der Waals surface area contributed by atoms with Crippen molar-refractivity contribution in [1.29, 1.82) is 0 Å². The molecule has 1 spiro atoms. The molecule has 5 rings (SSSR count). The van der Waals surface area contributed by atoms with Gasteiger partial charge in [-0.25, -0.2) is 0 Å². The molecule has 1 aromatic heterocycles. The SMILES string of the molecule is c1ccc(-c2ccc(NC[C@@H]3CC34CCN(CC3CCOCC3)CC4)nn2)cc1. The molecule has 3 heterocycles. The van der Waals surface area contributed by atoms with Crippen LogP contribution in [-0.2, 0) is 4.74 Å². The number of benzene rings is 1. The maximum Gasteiger partial charge on any atom is 0.148 e. The fourth-order valence-electron chi connectivity index (χ4n) is 5.23. The van der Waals surface area contributed by atoms with E-state index < -0.39 is 0 Å². The fraction of sp³-hybridized carbons (Fsp3) is 0.583. The van der Waals surface area contributed by atoms with Crippen molar-refractivity contribution in [3.8, 4) is 11.3 Å². The minimum Gasteiger partial charge on any atom is -0.381 e.